The molecule has 0 spiro atoms. The normalized spacial score (nSPS) is 26.8. The number of carbonyl (C=O) groups excluding carboxylic acids is 1. The average Bonchev–Trinajstić information content (AvgIpc) is 3.43. The van der Waals surface area contributed by atoms with Gasteiger partial charge in [-0.25, -0.2) is 4.68 Å². The second-order valence-electron chi connectivity index (χ2n) is 9.58. The zero-order valence-corrected chi connectivity index (χ0v) is 19.1. The summed E-state index contributed by atoms with van der Waals surface area (Å²) in [6.45, 7) is 6.31. The van der Waals surface area contributed by atoms with Gasteiger partial charge in [-0.1, -0.05) is 25.0 Å². The van der Waals surface area contributed by atoms with E-state index in [1.54, 1.807) is 0 Å². The first-order chi connectivity index (χ1) is 14.3. The van der Waals surface area contributed by atoms with Gasteiger partial charge in [-0.15, -0.1) is 5.10 Å². The molecular formula is C22H34N6OS. The Bertz CT molecular complexity index is 849. The van der Waals surface area contributed by atoms with Crippen molar-refractivity contribution in [3.8, 4) is 0 Å². The highest BCUT2D eigenvalue weighted by atomic mass is 32.1. The van der Waals surface area contributed by atoms with Crippen molar-refractivity contribution in [2.45, 2.75) is 63.6 Å². The lowest BCUT2D eigenvalue weighted by Gasteiger charge is -2.40. The second kappa shape index (κ2) is 8.40. The second-order valence-corrected chi connectivity index (χ2v) is 10.4. The first kappa shape index (κ1) is 21.5. The van der Waals surface area contributed by atoms with Crippen molar-refractivity contribution in [2.75, 3.05) is 20.1 Å². The van der Waals surface area contributed by atoms with Crippen LogP contribution >= 0.6 is 11.3 Å². The number of likely N-dealkylation sites (tertiary alicyclic amines) is 1. The van der Waals surface area contributed by atoms with Gasteiger partial charge >= 0.3 is 0 Å². The highest BCUT2D eigenvalue weighted by Gasteiger charge is 2.42. The van der Waals surface area contributed by atoms with E-state index in [0.29, 0.717) is 11.5 Å². The lowest BCUT2D eigenvalue weighted by Crippen LogP contribution is -2.52. The van der Waals surface area contributed by atoms with Gasteiger partial charge in [0.1, 0.15) is 11.4 Å². The number of nitrogens with zero attached hydrogens (tertiary/aromatic N) is 4. The minimum atomic E-state index is -0.570. The van der Waals surface area contributed by atoms with E-state index in [2.05, 4.69) is 41.4 Å². The number of aromatic nitrogens is 3. The summed E-state index contributed by atoms with van der Waals surface area (Å²) in [5.41, 5.74) is 7.15. The Labute approximate surface area is 183 Å². The molecule has 0 unspecified atom stereocenters. The van der Waals surface area contributed by atoms with E-state index in [0.717, 1.165) is 50.4 Å². The fourth-order valence-corrected chi connectivity index (χ4v) is 5.50. The number of nitrogens with one attached hydrogen (secondary N) is 1. The Hall–Kier alpha value is -1.77. The van der Waals surface area contributed by atoms with Crippen LogP contribution in [0.3, 0.4) is 0 Å². The number of thiophene rings is 1. The molecule has 3 heterocycles. The molecule has 1 saturated heterocycles. The van der Waals surface area contributed by atoms with Crippen LogP contribution in [0.5, 0.6) is 0 Å². The minimum absolute atomic E-state index is 0.0475. The van der Waals surface area contributed by atoms with E-state index in [1.807, 2.05) is 27.7 Å². The van der Waals surface area contributed by atoms with Gasteiger partial charge in [0.15, 0.2) is 0 Å². The van der Waals surface area contributed by atoms with E-state index in [-0.39, 0.29) is 5.91 Å². The monoisotopic (exact) mass is 430 g/mol. The van der Waals surface area contributed by atoms with E-state index >= 15 is 0 Å². The molecule has 2 aromatic heterocycles. The largest absolute Gasteiger partial charge is 0.341 e. The molecule has 0 bridgehead atoms. The third-order valence-corrected chi connectivity index (χ3v) is 8.01. The highest BCUT2D eigenvalue weighted by molar-refractivity contribution is 7.08. The Balaban J connectivity index is 1.62. The van der Waals surface area contributed by atoms with Crippen molar-refractivity contribution in [3.63, 3.8) is 0 Å². The predicted molar refractivity (Wildman–Crippen MR) is 119 cm³/mol. The standard InChI is InChI=1S/C22H34N6OS/c1-16-4-6-18(7-5-16)21(2,24-20(29)17-8-13-30-15-17)19-14-28(26-25-19)22(23)9-11-27(3)12-10-22/h8,13-16,18H,4-7,9-12,23H2,1-3H3,(H,24,29)/t16?,18?,21-/m0/s1. The third-order valence-electron chi connectivity index (χ3n) is 7.32. The molecule has 1 saturated carbocycles. The predicted octanol–water partition coefficient (Wildman–Crippen LogP) is 3.15. The van der Waals surface area contributed by atoms with Gasteiger partial charge in [0.05, 0.1) is 17.3 Å². The molecular weight excluding hydrogens is 396 g/mol. The number of carbonyl (C=O) groups is 1. The van der Waals surface area contributed by atoms with E-state index in [4.69, 9.17) is 5.73 Å². The number of nitrogens with two attached hydrogens (primary N) is 1. The van der Waals surface area contributed by atoms with Gasteiger partial charge in [0, 0.05) is 18.5 Å². The molecule has 2 aliphatic rings. The average molecular weight is 431 g/mol. The van der Waals surface area contributed by atoms with E-state index in [9.17, 15) is 4.79 Å². The smallest absolute Gasteiger partial charge is 0.252 e. The fraction of sp³-hybridized carbons (Fsp3) is 0.682. The van der Waals surface area contributed by atoms with Crippen molar-refractivity contribution in [1.29, 1.82) is 0 Å². The van der Waals surface area contributed by atoms with Crippen molar-refractivity contribution < 1.29 is 4.79 Å². The molecule has 2 fully saturated rings. The number of hydrogen-bond acceptors (Lipinski definition) is 6. The summed E-state index contributed by atoms with van der Waals surface area (Å²) >= 11 is 1.53. The topological polar surface area (TPSA) is 89.1 Å². The van der Waals surface area contributed by atoms with Crippen molar-refractivity contribution in [3.05, 3.63) is 34.3 Å². The number of rotatable bonds is 5. The van der Waals surface area contributed by atoms with Crippen LogP contribution in [0.15, 0.2) is 23.0 Å². The summed E-state index contributed by atoms with van der Waals surface area (Å²) in [5, 5.41) is 16.2. The van der Waals surface area contributed by atoms with Crippen molar-refractivity contribution >= 4 is 17.2 Å². The van der Waals surface area contributed by atoms with E-state index in [1.165, 1.54) is 24.2 Å². The Kier molecular flexibility index (Phi) is 6.01. The quantitative estimate of drug-likeness (QED) is 0.761. The van der Waals surface area contributed by atoms with Crippen LogP contribution < -0.4 is 11.1 Å². The zero-order chi connectivity index (χ0) is 21.4. The van der Waals surface area contributed by atoms with Crippen LogP contribution in [0, 0.1) is 11.8 Å². The summed E-state index contributed by atoms with van der Waals surface area (Å²) in [6, 6.07) is 1.87. The summed E-state index contributed by atoms with van der Waals surface area (Å²) in [6.07, 6.45) is 8.17. The number of hydrogen-bond donors (Lipinski definition) is 2. The summed E-state index contributed by atoms with van der Waals surface area (Å²) in [5.74, 6) is 1.02. The maximum absolute atomic E-state index is 13.0. The Morgan fingerprint density at radius 1 is 1.30 bits per heavy atom. The number of amides is 1. The van der Waals surface area contributed by atoms with Crippen molar-refractivity contribution in [2.24, 2.45) is 17.6 Å². The van der Waals surface area contributed by atoms with Gasteiger partial charge < -0.3 is 16.0 Å². The third kappa shape index (κ3) is 4.18. The first-order valence-corrected chi connectivity index (χ1v) is 12.0. The molecule has 1 amide bonds. The lowest BCUT2D eigenvalue weighted by atomic mass is 9.71. The van der Waals surface area contributed by atoms with Crippen LogP contribution in [0.2, 0.25) is 0 Å². The lowest BCUT2D eigenvalue weighted by molar-refractivity contribution is 0.0813. The van der Waals surface area contributed by atoms with Crippen LogP contribution in [0.4, 0.5) is 0 Å². The highest BCUT2D eigenvalue weighted by Crippen LogP contribution is 2.41. The molecule has 30 heavy (non-hydrogen) atoms. The van der Waals surface area contributed by atoms with Gasteiger partial charge in [0.2, 0.25) is 0 Å². The molecule has 0 radical (unpaired) electrons. The first-order valence-electron chi connectivity index (χ1n) is 11.1. The molecule has 7 nitrogen and oxygen atoms in total. The molecule has 1 aliphatic carbocycles. The molecule has 164 valence electrons. The SMILES string of the molecule is CC1CCC([C@](C)(NC(=O)c2ccsc2)c2cn(C3(N)CCN(C)CC3)nn2)CC1. The van der Waals surface area contributed by atoms with Crippen LogP contribution in [-0.4, -0.2) is 45.9 Å². The van der Waals surface area contributed by atoms with Gasteiger partial charge in [-0.2, -0.15) is 11.3 Å². The summed E-state index contributed by atoms with van der Waals surface area (Å²) < 4.78 is 1.84. The van der Waals surface area contributed by atoms with Crippen LogP contribution in [0.25, 0.3) is 0 Å². The molecule has 4 rings (SSSR count). The molecule has 3 N–H and O–H groups in total. The molecule has 0 aromatic carbocycles. The molecule has 2 aromatic rings. The molecule has 1 atom stereocenters. The number of piperidine rings is 1. The molecule has 8 heteroatoms. The van der Waals surface area contributed by atoms with Crippen LogP contribution in [0.1, 0.15) is 68.4 Å². The maximum atomic E-state index is 13.0. The maximum Gasteiger partial charge on any atom is 0.252 e. The summed E-state index contributed by atoms with van der Waals surface area (Å²) in [7, 11) is 2.12. The molecule has 1 aliphatic heterocycles. The minimum Gasteiger partial charge on any atom is -0.341 e. The fourth-order valence-electron chi connectivity index (χ4n) is 4.87. The Morgan fingerprint density at radius 3 is 2.63 bits per heavy atom. The van der Waals surface area contributed by atoms with Crippen molar-refractivity contribution in [1.82, 2.24) is 25.2 Å². The summed E-state index contributed by atoms with van der Waals surface area (Å²) in [4.78, 5) is 15.3. The Morgan fingerprint density at radius 2 is 2.00 bits per heavy atom. The van der Waals surface area contributed by atoms with Crippen LogP contribution in [-0.2, 0) is 11.2 Å². The van der Waals surface area contributed by atoms with Gasteiger partial charge in [0.25, 0.3) is 5.91 Å². The van der Waals surface area contributed by atoms with Gasteiger partial charge in [-0.3, -0.25) is 4.79 Å². The zero-order valence-electron chi connectivity index (χ0n) is 18.3. The van der Waals surface area contributed by atoms with E-state index < -0.39 is 11.2 Å². The van der Waals surface area contributed by atoms with Gasteiger partial charge in [-0.05, 0) is 62.9 Å².